The number of hydrogen-bond acceptors (Lipinski definition) is 6. The molecule has 6 nitrogen and oxygen atoms in total. The van der Waals surface area contributed by atoms with Crippen molar-refractivity contribution in [3.63, 3.8) is 0 Å². The van der Waals surface area contributed by atoms with Gasteiger partial charge < -0.3 is 14.8 Å². The molecule has 256 valence electrons. The van der Waals surface area contributed by atoms with Gasteiger partial charge in [-0.05, 0) is 108 Å². The second-order valence-corrected chi connectivity index (χ2v) is 13.9. The summed E-state index contributed by atoms with van der Waals surface area (Å²) in [7, 11) is 1.66. The van der Waals surface area contributed by atoms with Crippen molar-refractivity contribution in [2.24, 2.45) is 0 Å². The number of amides is 1. The van der Waals surface area contributed by atoms with Crippen LogP contribution >= 0.6 is 11.3 Å². The van der Waals surface area contributed by atoms with Crippen LogP contribution in [0.15, 0.2) is 126 Å². The number of thiophene rings is 1. The Bertz CT molecular complexity index is 2040. The van der Waals surface area contributed by atoms with Crippen LogP contribution in [0.25, 0.3) is 16.7 Å². The number of nitrogens with one attached hydrogen (secondary N) is 1. The van der Waals surface area contributed by atoms with E-state index in [4.69, 9.17) is 9.47 Å². The number of ether oxygens (including phenoxy) is 2. The number of benzene rings is 4. The molecule has 0 saturated heterocycles. The molecular formula is C44H41N3O3S. The van der Waals surface area contributed by atoms with E-state index in [1.807, 2.05) is 80.7 Å². The molecular weight excluding hydrogens is 651 g/mol. The van der Waals surface area contributed by atoms with Gasteiger partial charge in [0.05, 0.1) is 7.11 Å². The first kappa shape index (κ1) is 36.4. The van der Waals surface area contributed by atoms with Crippen molar-refractivity contribution in [3.05, 3.63) is 164 Å². The van der Waals surface area contributed by atoms with E-state index in [2.05, 4.69) is 78.1 Å². The molecule has 1 aromatic heterocycles. The van der Waals surface area contributed by atoms with Gasteiger partial charge in [0.15, 0.2) is 0 Å². The Morgan fingerprint density at radius 2 is 1.22 bits per heavy atom. The van der Waals surface area contributed by atoms with E-state index >= 15 is 0 Å². The van der Waals surface area contributed by atoms with Gasteiger partial charge >= 0.3 is 6.09 Å². The van der Waals surface area contributed by atoms with Crippen molar-refractivity contribution in [1.82, 2.24) is 5.32 Å². The van der Waals surface area contributed by atoms with Crippen molar-refractivity contribution in [2.75, 3.05) is 13.7 Å². The fraction of sp³-hybridized carbons (Fsp3) is 0.205. The Balaban J connectivity index is 1.53. The maximum atomic E-state index is 12.0. The van der Waals surface area contributed by atoms with E-state index in [1.165, 1.54) is 16.9 Å². The zero-order valence-corrected chi connectivity index (χ0v) is 30.2. The molecule has 0 bridgehead atoms. The van der Waals surface area contributed by atoms with Crippen molar-refractivity contribution in [3.8, 4) is 17.9 Å². The highest BCUT2D eigenvalue weighted by Gasteiger charge is 2.19. The third-order valence-electron chi connectivity index (χ3n) is 8.20. The van der Waals surface area contributed by atoms with Crippen LogP contribution in [0, 0.1) is 22.7 Å². The minimum Gasteiger partial charge on any atom is -0.497 e. The number of allylic oxidation sites excluding steroid dienone is 1. The van der Waals surface area contributed by atoms with Crippen molar-refractivity contribution >= 4 is 34.1 Å². The molecule has 1 heterocycles. The fourth-order valence-electron chi connectivity index (χ4n) is 5.84. The van der Waals surface area contributed by atoms with Crippen LogP contribution in [-0.2, 0) is 11.2 Å². The lowest BCUT2D eigenvalue weighted by atomic mass is 9.85. The number of rotatable bonds is 12. The number of aryl methyl sites for hydroxylation is 1. The molecule has 0 aliphatic heterocycles. The Labute approximate surface area is 304 Å². The summed E-state index contributed by atoms with van der Waals surface area (Å²) in [5.74, 6) is 0.777. The lowest BCUT2D eigenvalue weighted by Crippen LogP contribution is -2.33. The number of unbranched alkanes of at least 4 members (excludes halogenated alkanes) is 1. The molecule has 7 heteroatoms. The summed E-state index contributed by atoms with van der Waals surface area (Å²) >= 11 is 1.50. The van der Waals surface area contributed by atoms with Gasteiger partial charge in [-0.15, -0.1) is 11.3 Å². The van der Waals surface area contributed by atoms with E-state index in [0.29, 0.717) is 12.1 Å². The highest BCUT2D eigenvalue weighted by atomic mass is 32.1. The Hall–Kier alpha value is -5.89. The van der Waals surface area contributed by atoms with Crippen molar-refractivity contribution in [1.29, 1.82) is 10.5 Å². The molecule has 0 aliphatic carbocycles. The van der Waals surface area contributed by atoms with E-state index in [9.17, 15) is 15.3 Å². The van der Waals surface area contributed by atoms with Gasteiger partial charge in [-0.25, -0.2) is 4.79 Å². The lowest BCUT2D eigenvalue weighted by molar-refractivity contribution is 0.0527. The number of hydrogen-bond donors (Lipinski definition) is 1. The first-order chi connectivity index (χ1) is 24.7. The predicted molar refractivity (Wildman–Crippen MR) is 206 cm³/mol. The van der Waals surface area contributed by atoms with Gasteiger partial charge in [-0.2, -0.15) is 10.5 Å². The van der Waals surface area contributed by atoms with Gasteiger partial charge in [-0.3, -0.25) is 0 Å². The second kappa shape index (κ2) is 17.2. The average molecular weight is 692 g/mol. The molecule has 4 aromatic carbocycles. The molecule has 0 aliphatic rings. The first-order valence-corrected chi connectivity index (χ1v) is 17.8. The molecule has 0 fully saturated rings. The minimum atomic E-state index is -0.514. The normalized spacial score (nSPS) is 11.4. The van der Waals surface area contributed by atoms with Gasteiger partial charge in [0.2, 0.25) is 0 Å². The van der Waals surface area contributed by atoms with Gasteiger partial charge in [-0.1, -0.05) is 97.1 Å². The Kier molecular flexibility index (Phi) is 12.2. The molecule has 0 unspecified atom stereocenters. The summed E-state index contributed by atoms with van der Waals surface area (Å²) in [4.78, 5) is 12.9. The molecule has 51 heavy (non-hydrogen) atoms. The zero-order chi connectivity index (χ0) is 36.2. The lowest BCUT2D eigenvalue weighted by Gasteiger charge is -2.19. The van der Waals surface area contributed by atoms with Crippen LogP contribution in [0.1, 0.15) is 71.9 Å². The number of carbonyl (C=O) groups excluding carboxylic acids is 1. The second-order valence-electron chi connectivity index (χ2n) is 13.0. The first-order valence-electron chi connectivity index (χ1n) is 16.9. The fourth-order valence-corrected chi connectivity index (χ4v) is 6.64. The molecule has 5 rings (SSSR count). The molecule has 0 spiro atoms. The summed E-state index contributed by atoms with van der Waals surface area (Å²) < 4.78 is 10.8. The van der Waals surface area contributed by atoms with Crippen LogP contribution in [0.2, 0.25) is 0 Å². The third kappa shape index (κ3) is 9.63. The van der Waals surface area contributed by atoms with Crippen molar-refractivity contribution in [2.45, 2.75) is 45.6 Å². The summed E-state index contributed by atoms with van der Waals surface area (Å²) in [6, 6.07) is 43.3. The Morgan fingerprint density at radius 3 is 1.73 bits per heavy atom. The van der Waals surface area contributed by atoms with Gasteiger partial charge in [0.25, 0.3) is 0 Å². The number of methoxy groups -OCH3 is 1. The molecule has 0 saturated carbocycles. The number of nitriles is 2. The van der Waals surface area contributed by atoms with Crippen LogP contribution in [0.3, 0.4) is 0 Å². The largest absolute Gasteiger partial charge is 0.497 e. The van der Waals surface area contributed by atoms with E-state index < -0.39 is 5.60 Å². The summed E-state index contributed by atoms with van der Waals surface area (Å²) in [5.41, 5.74) is 8.51. The topological polar surface area (TPSA) is 95.1 Å². The summed E-state index contributed by atoms with van der Waals surface area (Å²) in [5, 5.41) is 24.4. The Morgan fingerprint density at radius 1 is 0.686 bits per heavy atom. The number of alkyl carbamates (subject to hydrolysis) is 1. The van der Waals surface area contributed by atoms with Crippen molar-refractivity contribution < 1.29 is 14.3 Å². The molecule has 0 atom stereocenters. The number of nitrogens with zero attached hydrogens (tertiary/aromatic N) is 2. The maximum Gasteiger partial charge on any atom is 0.407 e. The molecule has 1 amide bonds. The van der Waals surface area contributed by atoms with Gasteiger partial charge in [0.1, 0.15) is 29.1 Å². The monoisotopic (exact) mass is 691 g/mol. The zero-order valence-electron chi connectivity index (χ0n) is 29.4. The average Bonchev–Trinajstić information content (AvgIpc) is 3.67. The quantitative estimate of drug-likeness (QED) is 0.0798. The van der Waals surface area contributed by atoms with Crippen LogP contribution in [0.5, 0.6) is 5.75 Å². The highest BCUT2D eigenvalue weighted by molar-refractivity contribution is 7.11. The summed E-state index contributed by atoms with van der Waals surface area (Å²) in [6.45, 7) is 6.13. The van der Waals surface area contributed by atoms with Crippen LogP contribution in [-0.4, -0.2) is 25.3 Å². The standard InChI is InChI=1S/C44H41N3O3S/c1-44(2,3)50-43(48)47-27-9-8-11-31-15-17-34(18-16-31)42(36-23-25-38(49-4)26-24-36)41(32-12-6-5-7-13-32)35-21-19-33(20-22-35)40(37(29-45)30-46)39-14-10-28-51-39/h5-7,10,12-26,28H,8-9,11,27H2,1-4H3,(H,47,48). The smallest absolute Gasteiger partial charge is 0.407 e. The van der Waals surface area contributed by atoms with Gasteiger partial charge in [0, 0.05) is 17.0 Å². The number of carbonyl (C=O) groups is 1. The molecule has 5 aromatic rings. The minimum absolute atomic E-state index is 0.0855. The van der Waals surface area contributed by atoms with Crippen LogP contribution < -0.4 is 10.1 Å². The highest BCUT2D eigenvalue weighted by Crippen LogP contribution is 2.39. The maximum absolute atomic E-state index is 12.0. The predicted octanol–water partition coefficient (Wildman–Crippen LogP) is 10.5. The van der Waals surface area contributed by atoms with E-state index in [1.54, 1.807) is 7.11 Å². The van der Waals surface area contributed by atoms with Crippen LogP contribution in [0.4, 0.5) is 4.79 Å². The third-order valence-corrected chi connectivity index (χ3v) is 9.09. The summed E-state index contributed by atoms with van der Waals surface area (Å²) in [6.07, 6.45) is 2.28. The molecule has 0 radical (unpaired) electrons. The van der Waals surface area contributed by atoms with E-state index in [0.717, 1.165) is 68.9 Å². The SMILES string of the molecule is COc1ccc(C(=C(c2ccccc2)c2ccc(C(=C(C#N)C#N)c3cccs3)cc2)c2ccc(CCCCNC(=O)OC(C)(C)C)cc2)cc1. The van der Waals surface area contributed by atoms with E-state index in [-0.39, 0.29) is 11.7 Å². The molecule has 1 N–H and O–H groups in total.